The molecule has 1 amide bonds. The molecule has 1 aliphatic heterocycles. The number of nitrogens with zero attached hydrogens (tertiary/aromatic N) is 3. The summed E-state index contributed by atoms with van der Waals surface area (Å²) in [6.45, 7) is 4.46. The average molecular weight is 440 g/mol. The van der Waals surface area contributed by atoms with Crippen molar-refractivity contribution in [3.63, 3.8) is 0 Å². The second kappa shape index (κ2) is 9.22. The fourth-order valence-electron chi connectivity index (χ4n) is 4.28. The Labute approximate surface area is 185 Å². The monoisotopic (exact) mass is 439 g/mol. The van der Waals surface area contributed by atoms with E-state index in [-0.39, 0.29) is 41.7 Å². The summed E-state index contributed by atoms with van der Waals surface area (Å²) in [5.74, 6) is -0.0266. The van der Waals surface area contributed by atoms with Crippen molar-refractivity contribution in [1.29, 1.82) is 0 Å². The first kappa shape index (κ1) is 21.6. The van der Waals surface area contributed by atoms with E-state index in [1.807, 2.05) is 17.0 Å². The van der Waals surface area contributed by atoms with Crippen LogP contribution < -0.4 is 5.56 Å². The van der Waals surface area contributed by atoms with Gasteiger partial charge in [-0.15, -0.1) is 0 Å². The number of amides is 1. The van der Waals surface area contributed by atoms with Crippen molar-refractivity contribution < 1.29 is 9.18 Å². The predicted octanol–water partition coefficient (Wildman–Crippen LogP) is 4.47. The number of carbonyl (C=O) groups excluding carboxylic acids is 1. The molecular formula is C24H26FN3O2S. The van der Waals surface area contributed by atoms with Crippen LogP contribution in [-0.2, 0) is 11.3 Å². The van der Waals surface area contributed by atoms with Gasteiger partial charge in [0.05, 0.1) is 23.2 Å². The molecule has 4 rings (SSSR count). The van der Waals surface area contributed by atoms with Gasteiger partial charge in [-0.3, -0.25) is 14.2 Å². The van der Waals surface area contributed by atoms with Gasteiger partial charge in [-0.1, -0.05) is 36.0 Å². The Morgan fingerprint density at radius 3 is 2.48 bits per heavy atom. The maximum Gasteiger partial charge on any atom is 0.262 e. The van der Waals surface area contributed by atoms with Crippen LogP contribution in [0.2, 0.25) is 0 Å². The highest BCUT2D eigenvalue weighted by Crippen LogP contribution is 2.25. The van der Waals surface area contributed by atoms with E-state index in [0.29, 0.717) is 16.1 Å². The second-order valence-corrected chi connectivity index (χ2v) is 9.09. The minimum Gasteiger partial charge on any atom is -0.337 e. The number of hydrogen-bond donors (Lipinski definition) is 0. The van der Waals surface area contributed by atoms with Crippen LogP contribution in [0.3, 0.4) is 0 Å². The first-order valence-electron chi connectivity index (χ1n) is 10.6. The summed E-state index contributed by atoms with van der Waals surface area (Å²) in [6, 6.07) is 13.7. The van der Waals surface area contributed by atoms with Gasteiger partial charge in [0.25, 0.3) is 5.56 Å². The third kappa shape index (κ3) is 4.66. The number of carbonyl (C=O) groups is 1. The quantitative estimate of drug-likeness (QED) is 0.435. The smallest absolute Gasteiger partial charge is 0.262 e. The van der Waals surface area contributed by atoms with Crippen molar-refractivity contribution in [2.75, 3.05) is 5.75 Å². The van der Waals surface area contributed by atoms with Gasteiger partial charge in [-0.05, 0) is 62.9 Å². The summed E-state index contributed by atoms with van der Waals surface area (Å²) < 4.78 is 14.9. The first-order chi connectivity index (χ1) is 14.9. The van der Waals surface area contributed by atoms with Crippen LogP contribution in [0.15, 0.2) is 58.5 Å². The number of likely N-dealkylation sites (tertiary alicyclic amines) is 1. The fourth-order valence-corrected chi connectivity index (χ4v) is 5.15. The summed E-state index contributed by atoms with van der Waals surface area (Å²) in [6.07, 6.45) is 3.18. The first-order valence-corrected chi connectivity index (χ1v) is 11.6. The van der Waals surface area contributed by atoms with Gasteiger partial charge < -0.3 is 4.90 Å². The van der Waals surface area contributed by atoms with Gasteiger partial charge >= 0.3 is 0 Å². The second-order valence-electron chi connectivity index (χ2n) is 8.15. The molecule has 2 heterocycles. The molecule has 0 aliphatic carbocycles. The Hall–Kier alpha value is -2.67. The van der Waals surface area contributed by atoms with Gasteiger partial charge in [0, 0.05) is 12.1 Å². The molecule has 0 saturated carbocycles. The summed E-state index contributed by atoms with van der Waals surface area (Å²) >= 11 is 1.29. The van der Waals surface area contributed by atoms with Crippen LogP contribution in [0.5, 0.6) is 0 Å². The number of para-hydroxylation sites is 1. The van der Waals surface area contributed by atoms with E-state index in [2.05, 4.69) is 18.8 Å². The molecule has 2 aromatic carbocycles. The summed E-state index contributed by atoms with van der Waals surface area (Å²) in [4.78, 5) is 32.9. The molecule has 0 radical (unpaired) electrons. The number of aromatic nitrogens is 2. The molecule has 0 bridgehead atoms. The standard InChI is InChI=1S/C24H26FN3O2S/c1-16-6-5-7-17(2)28(16)22(29)15-31-24-26-21-9-4-3-8-20(21)23(30)27(24)14-18-10-12-19(25)13-11-18/h3-4,8-13,16-17H,5-7,14-15H2,1-2H3. The highest BCUT2D eigenvalue weighted by Gasteiger charge is 2.29. The Kier molecular flexibility index (Phi) is 6.41. The van der Waals surface area contributed by atoms with E-state index in [1.54, 1.807) is 28.8 Å². The molecule has 1 aliphatic rings. The topological polar surface area (TPSA) is 55.2 Å². The fraction of sp³-hybridized carbons (Fsp3) is 0.375. The molecule has 162 valence electrons. The number of fused-ring (bicyclic) bond motifs is 1. The molecule has 5 nitrogen and oxygen atoms in total. The number of thioether (sulfide) groups is 1. The van der Waals surface area contributed by atoms with E-state index in [4.69, 9.17) is 0 Å². The molecule has 31 heavy (non-hydrogen) atoms. The molecule has 2 atom stereocenters. The molecule has 1 saturated heterocycles. The lowest BCUT2D eigenvalue weighted by Crippen LogP contribution is -2.48. The van der Waals surface area contributed by atoms with E-state index in [0.717, 1.165) is 24.8 Å². The van der Waals surface area contributed by atoms with Gasteiger partial charge in [0.1, 0.15) is 5.82 Å². The van der Waals surface area contributed by atoms with Crippen molar-refractivity contribution in [1.82, 2.24) is 14.5 Å². The Balaban J connectivity index is 1.64. The zero-order valence-corrected chi connectivity index (χ0v) is 18.6. The Morgan fingerprint density at radius 2 is 1.77 bits per heavy atom. The zero-order valence-electron chi connectivity index (χ0n) is 17.8. The molecule has 1 aromatic heterocycles. The van der Waals surface area contributed by atoms with E-state index in [1.165, 1.54) is 23.9 Å². The molecule has 0 spiro atoms. The number of piperidine rings is 1. The molecule has 2 unspecified atom stereocenters. The number of benzene rings is 2. The minimum absolute atomic E-state index is 0.0699. The van der Waals surface area contributed by atoms with Crippen LogP contribution in [0.25, 0.3) is 10.9 Å². The molecule has 7 heteroatoms. The lowest BCUT2D eigenvalue weighted by Gasteiger charge is -2.39. The highest BCUT2D eigenvalue weighted by atomic mass is 32.2. The largest absolute Gasteiger partial charge is 0.337 e. The number of hydrogen-bond acceptors (Lipinski definition) is 4. The Morgan fingerprint density at radius 1 is 1.10 bits per heavy atom. The van der Waals surface area contributed by atoms with Crippen LogP contribution in [-0.4, -0.2) is 38.2 Å². The lowest BCUT2D eigenvalue weighted by molar-refractivity contribution is -0.134. The normalized spacial score (nSPS) is 19.0. The van der Waals surface area contributed by atoms with Gasteiger partial charge in [-0.25, -0.2) is 9.37 Å². The number of halogens is 1. The third-order valence-electron chi connectivity index (χ3n) is 5.89. The van der Waals surface area contributed by atoms with Gasteiger partial charge in [0.15, 0.2) is 5.16 Å². The number of rotatable bonds is 5. The van der Waals surface area contributed by atoms with Crippen LogP contribution in [0.1, 0.15) is 38.7 Å². The molecular weight excluding hydrogens is 413 g/mol. The van der Waals surface area contributed by atoms with Crippen molar-refractivity contribution in [3.05, 3.63) is 70.3 Å². The third-order valence-corrected chi connectivity index (χ3v) is 6.85. The van der Waals surface area contributed by atoms with Crippen LogP contribution in [0.4, 0.5) is 4.39 Å². The zero-order chi connectivity index (χ0) is 22.0. The summed E-state index contributed by atoms with van der Waals surface area (Å²) in [7, 11) is 0. The van der Waals surface area contributed by atoms with Crippen molar-refractivity contribution in [2.24, 2.45) is 0 Å². The molecule has 3 aromatic rings. The summed E-state index contributed by atoms with van der Waals surface area (Å²) in [5.41, 5.74) is 1.24. The lowest BCUT2D eigenvalue weighted by atomic mass is 9.98. The SMILES string of the molecule is CC1CCCC(C)N1C(=O)CSc1nc2ccccc2c(=O)n1Cc1ccc(F)cc1. The maximum atomic E-state index is 13.3. The molecule has 1 fully saturated rings. The highest BCUT2D eigenvalue weighted by molar-refractivity contribution is 7.99. The molecule has 0 N–H and O–H groups in total. The van der Waals surface area contributed by atoms with Crippen LogP contribution >= 0.6 is 11.8 Å². The van der Waals surface area contributed by atoms with E-state index < -0.39 is 0 Å². The maximum absolute atomic E-state index is 13.3. The van der Waals surface area contributed by atoms with Gasteiger partial charge in [0.2, 0.25) is 5.91 Å². The van der Waals surface area contributed by atoms with E-state index >= 15 is 0 Å². The van der Waals surface area contributed by atoms with Crippen molar-refractivity contribution in [2.45, 2.75) is 56.9 Å². The average Bonchev–Trinajstić information content (AvgIpc) is 2.76. The van der Waals surface area contributed by atoms with Crippen LogP contribution in [0, 0.1) is 5.82 Å². The Bertz CT molecular complexity index is 1140. The van der Waals surface area contributed by atoms with E-state index in [9.17, 15) is 14.0 Å². The minimum atomic E-state index is -0.322. The van der Waals surface area contributed by atoms with Crippen molar-refractivity contribution >= 4 is 28.6 Å². The van der Waals surface area contributed by atoms with Crippen molar-refractivity contribution in [3.8, 4) is 0 Å². The summed E-state index contributed by atoms with van der Waals surface area (Å²) in [5, 5.41) is 1.03. The van der Waals surface area contributed by atoms with Gasteiger partial charge in [-0.2, -0.15) is 0 Å². The predicted molar refractivity (Wildman–Crippen MR) is 122 cm³/mol.